The van der Waals surface area contributed by atoms with Crippen LogP contribution in [0.3, 0.4) is 0 Å². The van der Waals surface area contributed by atoms with Gasteiger partial charge in [0.2, 0.25) is 5.88 Å². The van der Waals surface area contributed by atoms with Gasteiger partial charge >= 0.3 is 5.97 Å². The van der Waals surface area contributed by atoms with Gasteiger partial charge in [0.15, 0.2) is 0 Å². The lowest BCUT2D eigenvalue weighted by molar-refractivity contribution is -0.132. The van der Waals surface area contributed by atoms with Crippen LogP contribution in [-0.4, -0.2) is 21.7 Å². The lowest BCUT2D eigenvalue weighted by Gasteiger charge is -2.20. The van der Waals surface area contributed by atoms with Crippen LogP contribution in [0.2, 0.25) is 0 Å². The van der Waals surface area contributed by atoms with E-state index < -0.39 is 5.97 Å². The third-order valence-electron chi connectivity index (χ3n) is 1.86. The highest BCUT2D eigenvalue weighted by Crippen LogP contribution is 2.16. The molecule has 0 bridgehead atoms. The molecule has 0 fully saturated rings. The topological polar surface area (TPSA) is 59.4 Å². The second-order valence-electron chi connectivity index (χ2n) is 4.75. The van der Waals surface area contributed by atoms with Crippen molar-refractivity contribution < 1.29 is 14.6 Å². The number of hydrogen-bond acceptors (Lipinski definition) is 3. The molecule has 0 saturated carbocycles. The predicted octanol–water partition coefficient (Wildman–Crippen LogP) is 2.75. The molecule has 17 heavy (non-hydrogen) atoms. The summed E-state index contributed by atoms with van der Waals surface area (Å²) in [5.41, 5.74) is 0.494. The second-order valence-corrected chi connectivity index (χ2v) is 4.75. The van der Waals surface area contributed by atoms with Gasteiger partial charge in [-0.2, -0.15) is 0 Å². The third-order valence-corrected chi connectivity index (χ3v) is 1.86. The molecule has 0 aliphatic heterocycles. The van der Waals surface area contributed by atoms with Crippen molar-refractivity contribution in [3.05, 3.63) is 29.5 Å². The Balaban J connectivity index is 2.94. The Bertz CT molecular complexity index is 444. The fraction of sp³-hybridized carbons (Fsp3) is 0.385. The maximum atomic E-state index is 10.7. The molecule has 1 rings (SSSR count). The molecule has 0 amide bonds. The highest BCUT2D eigenvalue weighted by Gasteiger charge is 2.12. The summed E-state index contributed by atoms with van der Waals surface area (Å²) in [5.74, 6) is -0.460. The minimum absolute atomic E-state index is 0.241. The van der Waals surface area contributed by atoms with E-state index in [2.05, 4.69) is 4.98 Å². The summed E-state index contributed by atoms with van der Waals surface area (Å²) < 4.78 is 5.60. The van der Waals surface area contributed by atoms with Crippen LogP contribution in [0.1, 0.15) is 33.4 Å². The number of hydrogen-bond donors (Lipinski definition) is 1. The highest BCUT2D eigenvalue weighted by molar-refractivity contribution is 5.91. The molecule has 0 atom stereocenters. The van der Waals surface area contributed by atoms with Crippen molar-refractivity contribution in [1.29, 1.82) is 0 Å². The second kappa shape index (κ2) is 4.99. The van der Waals surface area contributed by atoms with Gasteiger partial charge in [-0.05, 0) is 39.8 Å². The first-order valence-electron chi connectivity index (χ1n) is 5.35. The van der Waals surface area contributed by atoms with E-state index in [1.54, 1.807) is 18.2 Å². The van der Waals surface area contributed by atoms with E-state index in [4.69, 9.17) is 9.84 Å². The van der Waals surface area contributed by atoms with Crippen LogP contribution in [0.25, 0.3) is 6.08 Å². The number of carboxylic acids is 1. The summed E-state index contributed by atoms with van der Waals surface area (Å²) in [6.45, 7) is 7.32. The minimum atomic E-state index is -0.950. The van der Waals surface area contributed by atoms with Crippen molar-refractivity contribution in [2.24, 2.45) is 0 Å². The van der Waals surface area contributed by atoms with Crippen LogP contribution in [0.5, 0.6) is 5.88 Å². The van der Waals surface area contributed by atoms with Gasteiger partial charge in [-0.3, -0.25) is 0 Å². The summed E-state index contributed by atoms with van der Waals surface area (Å²) in [6.07, 6.45) is 1.51. The summed E-state index contributed by atoms with van der Waals surface area (Å²) in [4.78, 5) is 14.9. The van der Waals surface area contributed by atoms with Crippen molar-refractivity contribution >= 4 is 12.0 Å². The molecule has 1 aromatic rings. The third kappa shape index (κ3) is 4.68. The van der Waals surface area contributed by atoms with E-state index >= 15 is 0 Å². The quantitative estimate of drug-likeness (QED) is 0.818. The molecule has 1 aromatic heterocycles. The fourth-order valence-corrected chi connectivity index (χ4v) is 1.17. The van der Waals surface area contributed by atoms with Crippen molar-refractivity contribution in [3.8, 4) is 5.88 Å². The number of rotatable bonds is 3. The fourth-order valence-electron chi connectivity index (χ4n) is 1.17. The van der Waals surface area contributed by atoms with Gasteiger partial charge in [-0.1, -0.05) is 6.07 Å². The van der Waals surface area contributed by atoms with Gasteiger partial charge in [-0.15, -0.1) is 0 Å². The largest absolute Gasteiger partial charge is 0.478 e. The zero-order valence-electron chi connectivity index (χ0n) is 10.5. The first-order chi connectivity index (χ1) is 7.78. The van der Waals surface area contributed by atoms with E-state index in [-0.39, 0.29) is 11.2 Å². The van der Waals surface area contributed by atoms with Crippen molar-refractivity contribution in [2.45, 2.75) is 33.3 Å². The van der Waals surface area contributed by atoms with E-state index in [1.807, 2.05) is 20.8 Å². The van der Waals surface area contributed by atoms with E-state index in [1.165, 1.54) is 13.0 Å². The molecule has 4 heteroatoms. The number of ether oxygens (including phenoxy) is 1. The van der Waals surface area contributed by atoms with Gasteiger partial charge < -0.3 is 9.84 Å². The predicted molar refractivity (Wildman–Crippen MR) is 65.9 cm³/mol. The molecule has 0 aromatic carbocycles. The van der Waals surface area contributed by atoms with Crippen LogP contribution < -0.4 is 4.74 Å². The molecular weight excluding hydrogens is 218 g/mol. The number of carboxylic acid groups (broad SMARTS) is 1. The molecular formula is C13H17NO3. The first kappa shape index (κ1) is 13.2. The van der Waals surface area contributed by atoms with Gasteiger partial charge in [0.25, 0.3) is 0 Å². The molecule has 92 valence electrons. The molecule has 0 radical (unpaired) electrons. The van der Waals surface area contributed by atoms with Crippen LogP contribution in [-0.2, 0) is 4.79 Å². The van der Waals surface area contributed by atoms with Gasteiger partial charge in [0.1, 0.15) is 5.60 Å². The Labute approximate surface area is 101 Å². The summed E-state index contributed by atoms with van der Waals surface area (Å²) in [5, 5.41) is 8.77. The zero-order valence-corrected chi connectivity index (χ0v) is 10.5. The molecule has 0 aliphatic rings. The summed E-state index contributed by atoms with van der Waals surface area (Å²) in [6, 6.07) is 5.27. The number of carbonyl (C=O) groups is 1. The number of pyridine rings is 1. The number of nitrogens with zero attached hydrogens (tertiary/aromatic N) is 1. The molecule has 0 spiro atoms. The molecule has 4 nitrogen and oxygen atoms in total. The number of aliphatic carboxylic acids is 1. The lowest BCUT2D eigenvalue weighted by atomic mass is 10.2. The summed E-state index contributed by atoms with van der Waals surface area (Å²) in [7, 11) is 0. The standard InChI is InChI=1S/C13H17NO3/c1-9(12(15)16)8-10-6-5-7-11(14-10)17-13(2,3)4/h5-8H,1-4H3,(H,15,16)/b9-8+. The van der Waals surface area contributed by atoms with Gasteiger partial charge in [0.05, 0.1) is 5.69 Å². The van der Waals surface area contributed by atoms with Gasteiger partial charge in [-0.25, -0.2) is 9.78 Å². The van der Waals surface area contributed by atoms with E-state index in [0.29, 0.717) is 11.6 Å². The Morgan fingerprint density at radius 3 is 2.59 bits per heavy atom. The smallest absolute Gasteiger partial charge is 0.331 e. The van der Waals surface area contributed by atoms with Crippen LogP contribution in [0.4, 0.5) is 0 Å². The Kier molecular flexibility index (Phi) is 3.89. The highest BCUT2D eigenvalue weighted by atomic mass is 16.5. The van der Waals surface area contributed by atoms with E-state index in [0.717, 1.165) is 0 Å². The Morgan fingerprint density at radius 1 is 1.41 bits per heavy atom. The molecule has 1 heterocycles. The first-order valence-corrected chi connectivity index (χ1v) is 5.35. The molecule has 1 N–H and O–H groups in total. The zero-order chi connectivity index (χ0) is 13.1. The Hall–Kier alpha value is -1.84. The molecule has 0 unspecified atom stereocenters. The van der Waals surface area contributed by atoms with Crippen LogP contribution >= 0.6 is 0 Å². The van der Waals surface area contributed by atoms with Crippen molar-refractivity contribution in [3.63, 3.8) is 0 Å². The average Bonchev–Trinajstić information content (AvgIpc) is 2.15. The Morgan fingerprint density at radius 2 is 2.06 bits per heavy atom. The lowest BCUT2D eigenvalue weighted by Crippen LogP contribution is -2.23. The van der Waals surface area contributed by atoms with Crippen molar-refractivity contribution in [2.75, 3.05) is 0 Å². The average molecular weight is 235 g/mol. The SMILES string of the molecule is C/C(=C\c1cccc(OC(C)(C)C)n1)C(=O)O. The van der Waals surface area contributed by atoms with Gasteiger partial charge in [0, 0.05) is 11.6 Å². The van der Waals surface area contributed by atoms with E-state index in [9.17, 15) is 4.79 Å². The maximum Gasteiger partial charge on any atom is 0.331 e. The molecule has 0 aliphatic carbocycles. The summed E-state index contributed by atoms with van der Waals surface area (Å²) >= 11 is 0. The minimum Gasteiger partial charge on any atom is -0.478 e. The normalized spacial score (nSPS) is 12.4. The van der Waals surface area contributed by atoms with Crippen LogP contribution in [0.15, 0.2) is 23.8 Å². The maximum absolute atomic E-state index is 10.7. The van der Waals surface area contributed by atoms with Crippen molar-refractivity contribution in [1.82, 2.24) is 4.98 Å². The monoisotopic (exact) mass is 235 g/mol. The molecule has 0 saturated heterocycles. The van der Waals surface area contributed by atoms with Crippen LogP contribution in [0, 0.1) is 0 Å². The number of aromatic nitrogens is 1.